The number of fused-ring (bicyclic) bond motifs is 1. The number of nitrogens with two attached hydrogens (primary N) is 1. The predicted octanol–water partition coefficient (Wildman–Crippen LogP) is 3.48. The van der Waals surface area contributed by atoms with Gasteiger partial charge in [0.25, 0.3) is 11.1 Å². The predicted molar refractivity (Wildman–Crippen MR) is 127 cm³/mol. The van der Waals surface area contributed by atoms with Gasteiger partial charge in [0.1, 0.15) is 0 Å². The molecular formula is C23H24N6O2S. The molecule has 3 aromatic rings. The highest BCUT2D eigenvalue weighted by Gasteiger charge is 2.25. The number of nitrogens with zero attached hydrogens (tertiary/aromatic N) is 4. The summed E-state index contributed by atoms with van der Waals surface area (Å²) < 4.78 is 0. The Hall–Kier alpha value is -3.30. The molecule has 164 valence electrons. The van der Waals surface area contributed by atoms with Crippen molar-refractivity contribution in [2.45, 2.75) is 25.8 Å². The zero-order chi connectivity index (χ0) is 22.3. The van der Waals surface area contributed by atoms with Crippen LogP contribution in [0, 0.1) is 0 Å². The highest BCUT2D eigenvalue weighted by molar-refractivity contribution is 8.18. The normalized spacial score (nSPS) is 17.3. The average Bonchev–Trinajstić information content (AvgIpc) is 3.16. The quantitative estimate of drug-likeness (QED) is 0.586. The summed E-state index contributed by atoms with van der Waals surface area (Å²) in [6.45, 7) is 2.44. The minimum Gasteiger partial charge on any atom is -0.341 e. The molecule has 2 saturated heterocycles. The van der Waals surface area contributed by atoms with Crippen LogP contribution >= 0.6 is 11.8 Å². The van der Waals surface area contributed by atoms with Crippen molar-refractivity contribution in [3.8, 4) is 0 Å². The molecule has 0 unspecified atom stereocenters. The van der Waals surface area contributed by atoms with Gasteiger partial charge < -0.3 is 10.6 Å². The molecule has 0 spiro atoms. The van der Waals surface area contributed by atoms with E-state index in [0.717, 1.165) is 54.3 Å². The Morgan fingerprint density at radius 1 is 1.03 bits per heavy atom. The molecular weight excluding hydrogens is 424 g/mol. The number of hydrogen-bond acceptors (Lipinski definition) is 8. The summed E-state index contributed by atoms with van der Waals surface area (Å²) in [5.41, 5.74) is 8.08. The molecule has 32 heavy (non-hydrogen) atoms. The van der Waals surface area contributed by atoms with Crippen LogP contribution in [0.25, 0.3) is 17.0 Å². The van der Waals surface area contributed by atoms with Crippen molar-refractivity contribution in [2.24, 2.45) is 5.73 Å². The number of anilines is 1. The largest absolute Gasteiger partial charge is 0.341 e. The van der Waals surface area contributed by atoms with Crippen molar-refractivity contribution in [3.63, 3.8) is 0 Å². The van der Waals surface area contributed by atoms with Crippen molar-refractivity contribution < 1.29 is 9.59 Å². The maximum atomic E-state index is 11.5. The molecule has 2 fully saturated rings. The monoisotopic (exact) mass is 448 g/mol. The van der Waals surface area contributed by atoms with Gasteiger partial charge in [0.15, 0.2) is 0 Å². The van der Waals surface area contributed by atoms with Crippen LogP contribution in [-0.2, 0) is 11.3 Å². The van der Waals surface area contributed by atoms with Crippen LogP contribution in [0.5, 0.6) is 0 Å². The van der Waals surface area contributed by atoms with E-state index in [4.69, 9.17) is 5.73 Å². The zero-order valence-electron chi connectivity index (χ0n) is 17.5. The number of para-hydroxylation sites is 1. The van der Waals surface area contributed by atoms with E-state index in [1.165, 1.54) is 6.42 Å². The first kappa shape index (κ1) is 21.9. The molecule has 2 amide bonds. The molecule has 3 N–H and O–H groups in total. The minimum absolute atomic E-state index is 0.341. The van der Waals surface area contributed by atoms with Crippen LogP contribution in [0.15, 0.2) is 53.6 Å². The Morgan fingerprint density at radius 3 is 2.59 bits per heavy atom. The maximum Gasteiger partial charge on any atom is 0.290 e. The van der Waals surface area contributed by atoms with Gasteiger partial charge in [-0.2, -0.15) is 0 Å². The van der Waals surface area contributed by atoms with E-state index in [1.807, 2.05) is 36.4 Å². The van der Waals surface area contributed by atoms with E-state index in [2.05, 4.69) is 25.2 Å². The molecule has 5 rings (SSSR count). The van der Waals surface area contributed by atoms with Gasteiger partial charge in [0, 0.05) is 31.2 Å². The third kappa shape index (κ3) is 5.49. The summed E-state index contributed by atoms with van der Waals surface area (Å²) in [7, 11) is 0. The molecule has 0 radical (unpaired) electrons. The number of hydrogen-bond donors (Lipinski definition) is 2. The van der Waals surface area contributed by atoms with E-state index < -0.39 is 0 Å². The van der Waals surface area contributed by atoms with Gasteiger partial charge >= 0.3 is 0 Å². The summed E-state index contributed by atoms with van der Waals surface area (Å²) in [6.07, 6.45) is 6.87. The van der Waals surface area contributed by atoms with Crippen molar-refractivity contribution in [1.82, 2.24) is 20.3 Å². The first-order valence-electron chi connectivity index (χ1n) is 10.5. The number of benzene rings is 1. The summed E-state index contributed by atoms with van der Waals surface area (Å²) in [5.74, 6) is 0.326. The molecule has 0 saturated carbocycles. The Balaban J connectivity index is 0.000000174. The topological polar surface area (TPSA) is 114 Å². The minimum atomic E-state index is -0.363. The third-order valence-corrected chi connectivity index (χ3v) is 5.90. The molecule has 0 aliphatic carbocycles. The van der Waals surface area contributed by atoms with E-state index in [-0.39, 0.29) is 11.1 Å². The van der Waals surface area contributed by atoms with Crippen molar-refractivity contribution in [1.29, 1.82) is 0 Å². The SMILES string of the molecule is NCc1ccc2ccccc2n1.O=C1NC(=O)/C(=C/c2ccnc(N3CCCCC3)n2)S1. The lowest BCUT2D eigenvalue weighted by atomic mass is 10.1. The first-order valence-corrected chi connectivity index (χ1v) is 11.3. The lowest BCUT2D eigenvalue weighted by Gasteiger charge is -2.26. The van der Waals surface area contributed by atoms with Gasteiger partial charge in [-0.05, 0) is 55.3 Å². The molecule has 4 heterocycles. The number of imide groups is 1. The zero-order valence-corrected chi connectivity index (χ0v) is 18.3. The van der Waals surface area contributed by atoms with Crippen LogP contribution in [-0.4, -0.2) is 39.2 Å². The van der Waals surface area contributed by atoms with E-state index >= 15 is 0 Å². The summed E-state index contributed by atoms with van der Waals surface area (Å²) in [4.78, 5) is 38.2. The van der Waals surface area contributed by atoms with Gasteiger partial charge in [-0.3, -0.25) is 19.9 Å². The van der Waals surface area contributed by atoms with Crippen LogP contribution < -0.4 is 16.0 Å². The lowest BCUT2D eigenvalue weighted by Crippen LogP contribution is -2.31. The van der Waals surface area contributed by atoms with Crippen LogP contribution in [0.4, 0.5) is 10.7 Å². The Kier molecular flexibility index (Phi) is 7.08. The number of pyridine rings is 1. The molecule has 2 aliphatic rings. The molecule has 8 nitrogen and oxygen atoms in total. The first-order chi connectivity index (χ1) is 15.6. The van der Waals surface area contributed by atoms with Crippen LogP contribution in [0.1, 0.15) is 30.7 Å². The van der Waals surface area contributed by atoms with E-state index in [9.17, 15) is 9.59 Å². The summed E-state index contributed by atoms with van der Waals surface area (Å²) >= 11 is 0.897. The second-order valence-electron chi connectivity index (χ2n) is 7.38. The molecule has 0 atom stereocenters. The van der Waals surface area contributed by atoms with Gasteiger partial charge in [-0.15, -0.1) is 0 Å². The van der Waals surface area contributed by atoms with Gasteiger partial charge in [0.05, 0.1) is 21.8 Å². The molecule has 0 bridgehead atoms. The standard InChI is InChI=1S/C13H14N4O2S.C10H10N2/c18-11-10(20-13(19)16-11)8-9-4-5-14-12(15-9)17-6-2-1-3-7-17;11-7-9-6-5-8-3-1-2-4-10(8)12-9/h4-5,8H,1-3,6-7H2,(H,16,18,19);1-6H,7,11H2/b10-8-;. The summed E-state index contributed by atoms with van der Waals surface area (Å²) in [6, 6.07) is 13.8. The second kappa shape index (κ2) is 10.3. The van der Waals surface area contributed by atoms with Crippen LogP contribution in [0.2, 0.25) is 0 Å². The number of aromatic nitrogens is 3. The fourth-order valence-corrected chi connectivity index (χ4v) is 4.13. The van der Waals surface area contributed by atoms with Crippen molar-refractivity contribution in [3.05, 3.63) is 65.0 Å². The van der Waals surface area contributed by atoms with Crippen molar-refractivity contribution >= 4 is 45.8 Å². The number of piperidine rings is 1. The molecule has 9 heteroatoms. The number of nitrogens with one attached hydrogen (secondary N) is 1. The van der Waals surface area contributed by atoms with Gasteiger partial charge in [-0.1, -0.05) is 24.3 Å². The number of rotatable bonds is 3. The third-order valence-electron chi connectivity index (χ3n) is 5.09. The average molecular weight is 449 g/mol. The lowest BCUT2D eigenvalue weighted by molar-refractivity contribution is -0.115. The van der Waals surface area contributed by atoms with Gasteiger partial charge in [0.2, 0.25) is 5.95 Å². The number of carbonyl (C=O) groups is 2. The Labute approximate surface area is 190 Å². The number of thioether (sulfide) groups is 1. The number of amides is 2. The van der Waals surface area contributed by atoms with Gasteiger partial charge in [-0.25, -0.2) is 9.97 Å². The summed E-state index contributed by atoms with van der Waals surface area (Å²) in [5, 5.41) is 3.05. The Morgan fingerprint density at radius 2 is 1.84 bits per heavy atom. The van der Waals surface area contributed by atoms with Crippen LogP contribution in [0.3, 0.4) is 0 Å². The fourth-order valence-electron chi connectivity index (χ4n) is 3.47. The smallest absolute Gasteiger partial charge is 0.290 e. The maximum absolute atomic E-state index is 11.5. The Bertz CT molecular complexity index is 1160. The number of carbonyl (C=O) groups excluding carboxylic acids is 2. The highest BCUT2D eigenvalue weighted by Crippen LogP contribution is 2.25. The molecule has 2 aliphatic heterocycles. The van der Waals surface area contributed by atoms with E-state index in [1.54, 1.807) is 18.3 Å². The molecule has 2 aromatic heterocycles. The second-order valence-corrected chi connectivity index (χ2v) is 8.40. The molecule has 1 aromatic carbocycles. The van der Waals surface area contributed by atoms with Crippen molar-refractivity contribution in [2.75, 3.05) is 18.0 Å². The fraction of sp³-hybridized carbons (Fsp3) is 0.261. The van der Waals surface area contributed by atoms with E-state index in [0.29, 0.717) is 23.1 Å². The highest BCUT2D eigenvalue weighted by atomic mass is 32.2.